The number of phenols is 2. The molecule has 0 bridgehead atoms. The van der Waals surface area contributed by atoms with Gasteiger partial charge in [0.25, 0.3) is 0 Å². The number of ether oxygens (including phenoxy) is 2. The Bertz CT molecular complexity index is 1190. The molecule has 2 rings (SSSR count). The fourth-order valence-electron chi connectivity index (χ4n) is 4.20. The summed E-state index contributed by atoms with van der Waals surface area (Å²) in [4.78, 5) is 54.0. The number of esters is 1. The van der Waals surface area contributed by atoms with Crippen molar-refractivity contribution in [3.8, 4) is 11.5 Å². The molecule has 0 radical (unpaired) electrons. The first-order chi connectivity index (χ1) is 19.9. The number of carbonyl (C=O) groups excluding carboxylic acids is 4. The van der Waals surface area contributed by atoms with Gasteiger partial charge in [-0.25, -0.2) is 4.79 Å². The van der Waals surface area contributed by atoms with Gasteiger partial charge in [0.15, 0.2) is 0 Å². The van der Waals surface area contributed by atoms with Crippen LogP contribution in [0.1, 0.15) is 71.0 Å². The monoisotopic (exact) mass is 585 g/mol. The topological polar surface area (TPSA) is 154 Å². The summed E-state index contributed by atoms with van der Waals surface area (Å²) in [6.45, 7) is 9.03. The number of rotatable bonds is 14. The fraction of sp³-hybridized carbons (Fsp3) is 0.484. The van der Waals surface area contributed by atoms with Crippen LogP contribution in [-0.4, -0.2) is 70.3 Å². The standard InChI is InChI=1S/C31H43N3O8/c1-6-8-19-34(27(23-11-9-10-12-25(23)36)28(38)32-18-17-26(37)41-7-2)29(39)24(33-30(40)42-31(3,4)5)20-21-13-15-22(35)16-14-21/h9-16,24,27,35-36H,6-8,17-20H2,1-5H3,(H,32,38)(H,33,40). The lowest BCUT2D eigenvalue weighted by Gasteiger charge is -2.35. The number of nitrogens with one attached hydrogen (secondary N) is 2. The molecule has 11 nitrogen and oxygen atoms in total. The number of benzene rings is 2. The van der Waals surface area contributed by atoms with Gasteiger partial charge in [-0.15, -0.1) is 0 Å². The summed E-state index contributed by atoms with van der Waals surface area (Å²) in [5.41, 5.74) is 0.0156. The first-order valence-electron chi connectivity index (χ1n) is 14.1. The van der Waals surface area contributed by atoms with Gasteiger partial charge >= 0.3 is 12.1 Å². The average Bonchev–Trinajstić information content (AvgIpc) is 2.91. The molecule has 2 unspecified atom stereocenters. The van der Waals surface area contributed by atoms with Crippen molar-refractivity contribution in [2.24, 2.45) is 0 Å². The predicted octanol–water partition coefficient (Wildman–Crippen LogP) is 3.97. The number of alkyl carbamates (subject to hydrolysis) is 1. The van der Waals surface area contributed by atoms with E-state index in [9.17, 15) is 29.4 Å². The molecule has 2 aromatic carbocycles. The predicted molar refractivity (Wildman–Crippen MR) is 157 cm³/mol. The van der Waals surface area contributed by atoms with E-state index in [1.165, 1.54) is 23.1 Å². The van der Waals surface area contributed by atoms with E-state index >= 15 is 0 Å². The van der Waals surface area contributed by atoms with Gasteiger partial charge in [0.05, 0.1) is 13.0 Å². The van der Waals surface area contributed by atoms with Crippen LogP contribution < -0.4 is 10.6 Å². The molecule has 2 aromatic rings. The lowest BCUT2D eigenvalue weighted by atomic mass is 9.99. The van der Waals surface area contributed by atoms with Crippen LogP contribution in [0.25, 0.3) is 0 Å². The second kappa shape index (κ2) is 16.2. The highest BCUT2D eigenvalue weighted by atomic mass is 16.6. The maximum atomic E-state index is 14.3. The van der Waals surface area contributed by atoms with Gasteiger partial charge in [0.1, 0.15) is 29.2 Å². The SMILES string of the molecule is CCCCN(C(=O)C(Cc1ccc(O)cc1)NC(=O)OC(C)(C)C)C(C(=O)NCCC(=O)OCC)c1ccccc1O. The number of unbranched alkanes of at least 4 members (excludes halogenated alkanes) is 1. The molecule has 3 amide bonds. The van der Waals surface area contributed by atoms with Crippen LogP contribution in [0.15, 0.2) is 48.5 Å². The highest BCUT2D eigenvalue weighted by Gasteiger charge is 2.37. The van der Waals surface area contributed by atoms with Crippen LogP contribution in [0.3, 0.4) is 0 Å². The third-order valence-electron chi connectivity index (χ3n) is 6.13. The number of amides is 3. The Hall–Kier alpha value is -4.28. The van der Waals surface area contributed by atoms with Crippen molar-refractivity contribution >= 4 is 23.9 Å². The fourth-order valence-corrected chi connectivity index (χ4v) is 4.20. The number of phenolic OH excluding ortho intramolecular Hbond substituents is 2. The molecule has 11 heteroatoms. The summed E-state index contributed by atoms with van der Waals surface area (Å²) in [7, 11) is 0. The van der Waals surface area contributed by atoms with E-state index in [2.05, 4.69) is 10.6 Å². The largest absolute Gasteiger partial charge is 0.508 e. The molecule has 4 N–H and O–H groups in total. The van der Waals surface area contributed by atoms with Crippen molar-refractivity contribution in [3.63, 3.8) is 0 Å². The maximum Gasteiger partial charge on any atom is 0.408 e. The summed E-state index contributed by atoms with van der Waals surface area (Å²) in [5, 5.41) is 25.8. The lowest BCUT2D eigenvalue weighted by molar-refractivity contribution is -0.144. The summed E-state index contributed by atoms with van der Waals surface area (Å²) < 4.78 is 10.4. The zero-order valence-electron chi connectivity index (χ0n) is 25.0. The van der Waals surface area contributed by atoms with E-state index in [-0.39, 0.29) is 49.6 Å². The highest BCUT2D eigenvalue weighted by molar-refractivity contribution is 5.92. The van der Waals surface area contributed by atoms with E-state index in [0.29, 0.717) is 18.4 Å². The Morgan fingerprint density at radius 1 is 0.976 bits per heavy atom. The van der Waals surface area contributed by atoms with Crippen LogP contribution in [0, 0.1) is 0 Å². The first kappa shape index (κ1) is 33.9. The quantitative estimate of drug-likeness (QED) is 0.243. The highest BCUT2D eigenvalue weighted by Crippen LogP contribution is 2.30. The third-order valence-corrected chi connectivity index (χ3v) is 6.13. The van der Waals surface area contributed by atoms with Gasteiger partial charge in [-0.1, -0.05) is 43.7 Å². The number of carbonyl (C=O) groups is 4. The molecule has 0 aliphatic heterocycles. The summed E-state index contributed by atoms with van der Waals surface area (Å²) >= 11 is 0. The smallest absolute Gasteiger partial charge is 0.408 e. The second-order valence-corrected chi connectivity index (χ2v) is 10.8. The molecule has 0 fully saturated rings. The van der Waals surface area contributed by atoms with Crippen LogP contribution >= 0.6 is 0 Å². The summed E-state index contributed by atoms with van der Waals surface area (Å²) in [6.07, 6.45) is 0.389. The second-order valence-electron chi connectivity index (χ2n) is 10.8. The molecule has 0 aliphatic rings. The van der Waals surface area contributed by atoms with Crippen LogP contribution in [0.2, 0.25) is 0 Å². The van der Waals surface area contributed by atoms with Gasteiger partial charge in [-0.2, -0.15) is 0 Å². The number of hydrogen-bond donors (Lipinski definition) is 4. The molecule has 0 heterocycles. The normalized spacial score (nSPS) is 12.5. The minimum absolute atomic E-state index is 0.0370. The number of aromatic hydroxyl groups is 2. The molecule has 0 saturated heterocycles. The molecular weight excluding hydrogens is 542 g/mol. The number of nitrogens with zero attached hydrogens (tertiary/aromatic N) is 1. The molecule has 230 valence electrons. The first-order valence-corrected chi connectivity index (χ1v) is 14.1. The molecule has 0 aliphatic carbocycles. The van der Waals surface area contributed by atoms with E-state index < -0.39 is 41.6 Å². The molecule has 2 atom stereocenters. The molecule has 0 aromatic heterocycles. The number of para-hydroxylation sites is 1. The van der Waals surface area contributed by atoms with Gasteiger partial charge in [0.2, 0.25) is 11.8 Å². The average molecular weight is 586 g/mol. The number of hydrogen-bond acceptors (Lipinski definition) is 8. The van der Waals surface area contributed by atoms with Crippen molar-refractivity contribution in [2.75, 3.05) is 19.7 Å². The molecule has 42 heavy (non-hydrogen) atoms. The minimum Gasteiger partial charge on any atom is -0.508 e. The summed E-state index contributed by atoms with van der Waals surface area (Å²) in [6, 6.07) is 10.0. The summed E-state index contributed by atoms with van der Waals surface area (Å²) in [5.74, 6) is -1.80. The molecule has 0 saturated carbocycles. The van der Waals surface area contributed by atoms with Crippen LogP contribution in [0.5, 0.6) is 11.5 Å². The van der Waals surface area contributed by atoms with Crippen molar-refractivity contribution in [1.82, 2.24) is 15.5 Å². The lowest BCUT2D eigenvalue weighted by Crippen LogP contribution is -2.54. The van der Waals surface area contributed by atoms with Gasteiger partial charge in [-0.3, -0.25) is 14.4 Å². The van der Waals surface area contributed by atoms with Crippen molar-refractivity contribution in [2.45, 2.75) is 78.0 Å². The Morgan fingerprint density at radius 3 is 2.24 bits per heavy atom. The van der Waals surface area contributed by atoms with Crippen LogP contribution in [0.4, 0.5) is 4.79 Å². The van der Waals surface area contributed by atoms with Crippen molar-refractivity contribution in [3.05, 3.63) is 59.7 Å². The van der Waals surface area contributed by atoms with E-state index in [4.69, 9.17) is 9.47 Å². The Kier molecular flexibility index (Phi) is 13.1. The Labute approximate surface area is 247 Å². The van der Waals surface area contributed by atoms with Gasteiger partial charge in [0, 0.05) is 25.1 Å². The van der Waals surface area contributed by atoms with Gasteiger partial charge < -0.3 is 35.2 Å². The van der Waals surface area contributed by atoms with Crippen LogP contribution in [-0.2, 0) is 30.3 Å². The van der Waals surface area contributed by atoms with Gasteiger partial charge in [-0.05, 0) is 57.9 Å². The van der Waals surface area contributed by atoms with E-state index in [0.717, 1.165) is 0 Å². The maximum absolute atomic E-state index is 14.3. The van der Waals surface area contributed by atoms with Crippen molar-refractivity contribution in [1.29, 1.82) is 0 Å². The minimum atomic E-state index is -1.27. The molecule has 0 spiro atoms. The Balaban J connectivity index is 2.51. The molecular formula is C31H43N3O8. The van der Waals surface area contributed by atoms with E-state index in [1.54, 1.807) is 58.0 Å². The third kappa shape index (κ3) is 10.9. The zero-order chi connectivity index (χ0) is 31.3. The Morgan fingerprint density at radius 2 is 1.64 bits per heavy atom. The van der Waals surface area contributed by atoms with Crippen molar-refractivity contribution < 1.29 is 38.9 Å². The van der Waals surface area contributed by atoms with E-state index in [1.807, 2.05) is 6.92 Å². The zero-order valence-corrected chi connectivity index (χ0v) is 25.0.